The molecule has 0 aliphatic heterocycles. The van der Waals surface area contributed by atoms with Crippen LogP contribution in [0.1, 0.15) is 0 Å². The van der Waals surface area contributed by atoms with Crippen LogP contribution in [0.3, 0.4) is 0 Å². The Kier molecular flexibility index (Phi) is 4.00. The van der Waals surface area contributed by atoms with Gasteiger partial charge >= 0.3 is 0 Å². The summed E-state index contributed by atoms with van der Waals surface area (Å²) in [4.78, 5) is 0. The molecule has 0 radical (unpaired) electrons. The smallest absolute Gasteiger partial charge is 0.185 e. The molecule has 0 saturated heterocycles. The number of hydrogen-bond acceptors (Lipinski definition) is 1. The fourth-order valence-corrected chi connectivity index (χ4v) is 3.45. The maximum absolute atomic E-state index is 5.59. The fourth-order valence-electron chi connectivity index (χ4n) is 0.386. The predicted molar refractivity (Wildman–Crippen MR) is 52.4 cm³/mol. The predicted octanol–water partition coefficient (Wildman–Crippen LogP) is 2.79. The van der Waals surface area contributed by atoms with Gasteiger partial charge in [0.2, 0.25) is 0 Å². The van der Waals surface area contributed by atoms with Crippen molar-refractivity contribution in [3.05, 3.63) is 12.7 Å². The van der Waals surface area contributed by atoms with E-state index in [2.05, 4.69) is 48.8 Å². The summed E-state index contributed by atoms with van der Waals surface area (Å²) in [7, 11) is -1.32. The van der Waals surface area contributed by atoms with E-state index in [1.165, 1.54) is 0 Å². The molecule has 0 aromatic carbocycles. The van der Waals surface area contributed by atoms with Gasteiger partial charge in [-0.3, -0.25) is 0 Å². The SMILES string of the molecule is C=CC(I)O[Si](C)(C)C. The van der Waals surface area contributed by atoms with Crippen molar-refractivity contribution in [2.75, 3.05) is 0 Å². The van der Waals surface area contributed by atoms with Crippen molar-refractivity contribution < 1.29 is 4.43 Å². The lowest BCUT2D eigenvalue weighted by Gasteiger charge is -2.19. The highest BCUT2D eigenvalue weighted by Crippen LogP contribution is 2.12. The Morgan fingerprint density at radius 1 is 1.56 bits per heavy atom. The Bertz CT molecular complexity index is 97.7. The lowest BCUT2D eigenvalue weighted by atomic mass is 10.7. The Labute approximate surface area is 71.8 Å². The molecule has 0 N–H and O–H groups in total. The van der Waals surface area contributed by atoms with E-state index < -0.39 is 8.32 Å². The Morgan fingerprint density at radius 3 is 2.11 bits per heavy atom. The molecule has 0 spiro atoms. The first kappa shape index (κ1) is 9.65. The largest absolute Gasteiger partial charge is 0.403 e. The highest BCUT2D eigenvalue weighted by molar-refractivity contribution is 14.1. The Balaban J connectivity index is 3.59. The van der Waals surface area contributed by atoms with Gasteiger partial charge in [-0.05, 0) is 42.2 Å². The van der Waals surface area contributed by atoms with Crippen LogP contribution in [0, 0.1) is 0 Å². The van der Waals surface area contributed by atoms with Gasteiger partial charge in [0.25, 0.3) is 0 Å². The van der Waals surface area contributed by atoms with Gasteiger partial charge < -0.3 is 4.43 Å². The van der Waals surface area contributed by atoms with Crippen molar-refractivity contribution in [1.82, 2.24) is 0 Å². The van der Waals surface area contributed by atoms with Gasteiger partial charge in [-0.25, -0.2) is 0 Å². The molecule has 3 heteroatoms. The van der Waals surface area contributed by atoms with Gasteiger partial charge in [-0.15, -0.1) is 0 Å². The van der Waals surface area contributed by atoms with E-state index in [4.69, 9.17) is 4.43 Å². The molecule has 0 aliphatic carbocycles. The molecule has 0 aromatic rings. The maximum Gasteiger partial charge on any atom is 0.185 e. The molecule has 0 amide bonds. The summed E-state index contributed by atoms with van der Waals surface area (Å²) >= 11 is 2.23. The van der Waals surface area contributed by atoms with Crippen LogP contribution in [-0.4, -0.2) is 12.4 Å². The van der Waals surface area contributed by atoms with E-state index in [-0.39, 0.29) is 4.11 Å². The van der Waals surface area contributed by atoms with Gasteiger partial charge in [0, 0.05) is 0 Å². The summed E-state index contributed by atoms with van der Waals surface area (Å²) in [6.45, 7) is 10.1. The van der Waals surface area contributed by atoms with E-state index in [0.29, 0.717) is 0 Å². The molecule has 0 fully saturated rings. The second kappa shape index (κ2) is 3.73. The number of alkyl halides is 1. The first-order valence-corrected chi connectivity index (χ1v) is 7.55. The summed E-state index contributed by atoms with van der Waals surface area (Å²) in [6, 6.07) is 0. The van der Waals surface area contributed by atoms with Crippen LogP contribution in [0.15, 0.2) is 12.7 Å². The average molecular weight is 256 g/mol. The summed E-state index contributed by atoms with van der Waals surface area (Å²) < 4.78 is 5.78. The van der Waals surface area contributed by atoms with Crippen LogP contribution in [0.2, 0.25) is 19.6 Å². The molecule has 0 aliphatic rings. The molecular weight excluding hydrogens is 243 g/mol. The number of halogens is 1. The molecule has 1 nitrogen and oxygen atoms in total. The van der Waals surface area contributed by atoms with Crippen molar-refractivity contribution in [2.45, 2.75) is 23.8 Å². The topological polar surface area (TPSA) is 9.23 Å². The van der Waals surface area contributed by atoms with Crippen molar-refractivity contribution in [1.29, 1.82) is 0 Å². The molecule has 54 valence electrons. The van der Waals surface area contributed by atoms with E-state index in [9.17, 15) is 0 Å². The summed E-state index contributed by atoms with van der Waals surface area (Å²) in [5, 5.41) is 0. The third-order valence-corrected chi connectivity index (χ3v) is 2.86. The minimum absolute atomic E-state index is 0.189. The van der Waals surface area contributed by atoms with Crippen molar-refractivity contribution in [3.63, 3.8) is 0 Å². The molecule has 0 saturated carbocycles. The molecule has 0 rings (SSSR count). The van der Waals surface area contributed by atoms with Crippen LogP contribution in [-0.2, 0) is 4.43 Å². The quantitative estimate of drug-likeness (QED) is 0.326. The van der Waals surface area contributed by atoms with E-state index in [1.807, 2.05) is 6.08 Å². The zero-order valence-electron chi connectivity index (χ0n) is 6.15. The summed E-state index contributed by atoms with van der Waals surface area (Å²) in [5.74, 6) is 0. The molecule has 0 bridgehead atoms. The molecule has 1 unspecified atom stereocenters. The lowest BCUT2D eigenvalue weighted by molar-refractivity contribution is 0.341. The van der Waals surface area contributed by atoms with Crippen LogP contribution in [0.25, 0.3) is 0 Å². The fraction of sp³-hybridized carbons (Fsp3) is 0.667. The van der Waals surface area contributed by atoms with E-state index in [1.54, 1.807) is 0 Å². The van der Waals surface area contributed by atoms with Crippen LogP contribution in [0.4, 0.5) is 0 Å². The third-order valence-electron chi connectivity index (χ3n) is 0.651. The zero-order chi connectivity index (χ0) is 7.49. The summed E-state index contributed by atoms with van der Waals surface area (Å²) in [5.41, 5.74) is 0. The van der Waals surface area contributed by atoms with Crippen molar-refractivity contribution >= 4 is 30.9 Å². The standard InChI is InChI=1S/C6H13IOSi/c1-5-6(7)8-9(2,3)4/h5-6H,1H2,2-4H3. The van der Waals surface area contributed by atoms with Crippen LogP contribution >= 0.6 is 22.6 Å². The van der Waals surface area contributed by atoms with Gasteiger partial charge in [-0.1, -0.05) is 12.7 Å². The first-order chi connectivity index (χ1) is 3.95. The molecule has 9 heavy (non-hydrogen) atoms. The zero-order valence-corrected chi connectivity index (χ0v) is 9.31. The lowest BCUT2D eigenvalue weighted by Crippen LogP contribution is -2.28. The minimum Gasteiger partial charge on any atom is -0.403 e. The second-order valence-electron chi connectivity index (χ2n) is 2.82. The number of hydrogen-bond donors (Lipinski definition) is 0. The third kappa shape index (κ3) is 6.53. The Hall–Kier alpha value is 0.647. The molecule has 1 atom stereocenters. The first-order valence-electron chi connectivity index (χ1n) is 2.90. The van der Waals surface area contributed by atoms with Gasteiger partial charge in [0.1, 0.15) is 4.11 Å². The maximum atomic E-state index is 5.59. The normalized spacial score (nSPS) is 15.1. The van der Waals surface area contributed by atoms with Crippen LogP contribution in [0.5, 0.6) is 0 Å². The van der Waals surface area contributed by atoms with E-state index in [0.717, 1.165) is 0 Å². The van der Waals surface area contributed by atoms with Gasteiger partial charge in [-0.2, -0.15) is 0 Å². The Morgan fingerprint density at radius 2 is 2.00 bits per heavy atom. The van der Waals surface area contributed by atoms with Crippen LogP contribution < -0.4 is 0 Å². The van der Waals surface area contributed by atoms with E-state index >= 15 is 0 Å². The highest BCUT2D eigenvalue weighted by Gasteiger charge is 2.16. The monoisotopic (exact) mass is 256 g/mol. The molecule has 0 heterocycles. The average Bonchev–Trinajstić information content (AvgIpc) is 1.62. The highest BCUT2D eigenvalue weighted by atomic mass is 127. The van der Waals surface area contributed by atoms with Gasteiger partial charge in [0.05, 0.1) is 0 Å². The van der Waals surface area contributed by atoms with Gasteiger partial charge in [0.15, 0.2) is 8.32 Å². The van der Waals surface area contributed by atoms with Crippen molar-refractivity contribution in [3.8, 4) is 0 Å². The molecular formula is C6H13IOSi. The molecule has 0 aromatic heterocycles. The summed E-state index contributed by atoms with van der Waals surface area (Å²) in [6.07, 6.45) is 1.82. The number of rotatable bonds is 3. The second-order valence-corrected chi connectivity index (χ2v) is 8.51. The minimum atomic E-state index is -1.32. The van der Waals surface area contributed by atoms with Crippen molar-refractivity contribution in [2.24, 2.45) is 0 Å².